The molecule has 0 aliphatic carbocycles. The SMILES string of the molecule is CNCCN(C)c1ccc(C(=O)NCC[C@@H]2COc3ccccc3O2)cn1. The number of likely N-dealkylation sites (N-methyl/N-ethyl adjacent to an activating group) is 2. The zero-order valence-electron chi connectivity index (χ0n) is 15.8. The number of para-hydroxylation sites is 2. The molecule has 0 radical (unpaired) electrons. The second-order valence-corrected chi connectivity index (χ2v) is 6.47. The van der Waals surface area contributed by atoms with E-state index in [1.165, 1.54) is 0 Å². The predicted octanol–water partition coefficient (Wildman–Crippen LogP) is 1.70. The number of pyridine rings is 1. The van der Waals surface area contributed by atoms with Crippen LogP contribution >= 0.6 is 0 Å². The summed E-state index contributed by atoms with van der Waals surface area (Å²) in [6.07, 6.45) is 2.22. The number of nitrogens with one attached hydrogen (secondary N) is 2. The fourth-order valence-corrected chi connectivity index (χ4v) is 2.79. The first-order valence-corrected chi connectivity index (χ1v) is 9.16. The minimum atomic E-state index is -0.135. The van der Waals surface area contributed by atoms with Gasteiger partial charge in [0, 0.05) is 39.3 Å². The zero-order valence-corrected chi connectivity index (χ0v) is 15.8. The molecule has 27 heavy (non-hydrogen) atoms. The third kappa shape index (κ3) is 5.10. The number of rotatable bonds is 8. The highest BCUT2D eigenvalue weighted by molar-refractivity contribution is 5.94. The number of benzene rings is 1. The molecule has 0 bridgehead atoms. The predicted molar refractivity (Wildman–Crippen MR) is 105 cm³/mol. The smallest absolute Gasteiger partial charge is 0.252 e. The standard InChI is InChI=1S/C20H26N4O3/c1-21-11-12-24(2)19-8-7-15(13-23-19)20(25)22-10-9-16-14-26-17-5-3-4-6-18(17)27-16/h3-8,13,16,21H,9-12,14H2,1-2H3,(H,22,25)/t16-/m1/s1. The lowest BCUT2D eigenvalue weighted by atomic mass is 10.2. The quantitative estimate of drug-likeness (QED) is 0.737. The molecule has 2 N–H and O–H groups in total. The molecule has 3 rings (SSSR count). The van der Waals surface area contributed by atoms with Crippen LogP contribution in [0.5, 0.6) is 11.5 Å². The molecule has 0 fully saturated rings. The molecular formula is C20H26N4O3. The third-order valence-corrected chi connectivity index (χ3v) is 4.42. The lowest BCUT2D eigenvalue weighted by Gasteiger charge is -2.26. The van der Waals surface area contributed by atoms with Crippen molar-refractivity contribution in [3.8, 4) is 11.5 Å². The average Bonchev–Trinajstić information content (AvgIpc) is 2.72. The van der Waals surface area contributed by atoms with E-state index in [-0.39, 0.29) is 12.0 Å². The summed E-state index contributed by atoms with van der Waals surface area (Å²) < 4.78 is 11.6. The van der Waals surface area contributed by atoms with Crippen molar-refractivity contribution in [2.75, 3.05) is 45.2 Å². The first-order valence-electron chi connectivity index (χ1n) is 9.16. The minimum Gasteiger partial charge on any atom is -0.486 e. The molecule has 2 heterocycles. The molecule has 1 aliphatic rings. The van der Waals surface area contributed by atoms with Crippen LogP contribution in [-0.4, -0.2) is 57.3 Å². The topological polar surface area (TPSA) is 75.7 Å². The number of hydrogen-bond donors (Lipinski definition) is 2. The van der Waals surface area contributed by atoms with E-state index in [2.05, 4.69) is 15.6 Å². The number of fused-ring (bicyclic) bond motifs is 1. The Labute approximate surface area is 159 Å². The van der Waals surface area contributed by atoms with Crippen molar-refractivity contribution in [2.24, 2.45) is 0 Å². The second-order valence-electron chi connectivity index (χ2n) is 6.47. The van der Waals surface area contributed by atoms with Crippen LogP contribution in [0, 0.1) is 0 Å². The van der Waals surface area contributed by atoms with E-state index in [1.54, 1.807) is 12.3 Å². The summed E-state index contributed by atoms with van der Waals surface area (Å²) in [6, 6.07) is 11.3. The largest absolute Gasteiger partial charge is 0.486 e. The van der Waals surface area contributed by atoms with Gasteiger partial charge in [-0.05, 0) is 31.3 Å². The molecule has 0 unspecified atom stereocenters. The van der Waals surface area contributed by atoms with E-state index in [1.807, 2.05) is 49.3 Å². The first-order chi connectivity index (χ1) is 13.2. The molecular weight excluding hydrogens is 344 g/mol. The zero-order chi connectivity index (χ0) is 19.1. The molecule has 2 aromatic rings. The van der Waals surface area contributed by atoms with Crippen molar-refractivity contribution < 1.29 is 14.3 Å². The fourth-order valence-electron chi connectivity index (χ4n) is 2.79. The summed E-state index contributed by atoms with van der Waals surface area (Å²) >= 11 is 0. The molecule has 7 heteroatoms. The van der Waals surface area contributed by atoms with E-state index in [0.29, 0.717) is 25.1 Å². The van der Waals surface area contributed by atoms with Gasteiger partial charge in [0.2, 0.25) is 0 Å². The summed E-state index contributed by atoms with van der Waals surface area (Å²) in [5.41, 5.74) is 0.548. The second kappa shape index (κ2) is 9.23. The Morgan fingerprint density at radius 2 is 2.04 bits per heavy atom. The van der Waals surface area contributed by atoms with Crippen molar-refractivity contribution in [1.82, 2.24) is 15.6 Å². The van der Waals surface area contributed by atoms with E-state index in [4.69, 9.17) is 9.47 Å². The van der Waals surface area contributed by atoms with Crippen LogP contribution in [0.3, 0.4) is 0 Å². The molecule has 1 aromatic carbocycles. The van der Waals surface area contributed by atoms with Crippen molar-refractivity contribution >= 4 is 11.7 Å². The van der Waals surface area contributed by atoms with E-state index in [0.717, 1.165) is 30.4 Å². The number of ether oxygens (including phenoxy) is 2. The molecule has 0 saturated heterocycles. The number of nitrogens with zero attached hydrogens (tertiary/aromatic N) is 2. The number of amides is 1. The summed E-state index contributed by atoms with van der Waals surface area (Å²) in [5.74, 6) is 2.23. The molecule has 1 atom stereocenters. The Balaban J connectivity index is 1.44. The normalized spacial score (nSPS) is 15.3. The van der Waals surface area contributed by atoms with Gasteiger partial charge in [-0.2, -0.15) is 0 Å². The number of aromatic nitrogens is 1. The van der Waals surface area contributed by atoms with Gasteiger partial charge in [0.1, 0.15) is 18.5 Å². The summed E-state index contributed by atoms with van der Waals surface area (Å²) in [7, 11) is 3.89. The van der Waals surface area contributed by atoms with Gasteiger partial charge in [-0.3, -0.25) is 4.79 Å². The maximum absolute atomic E-state index is 12.3. The lowest BCUT2D eigenvalue weighted by molar-refractivity contribution is 0.0812. The highest BCUT2D eigenvalue weighted by atomic mass is 16.6. The summed E-state index contributed by atoms with van der Waals surface area (Å²) in [5, 5.41) is 6.02. The molecule has 144 valence electrons. The van der Waals surface area contributed by atoms with Crippen molar-refractivity contribution in [3.05, 3.63) is 48.2 Å². The van der Waals surface area contributed by atoms with Crippen LogP contribution in [0.1, 0.15) is 16.8 Å². The van der Waals surface area contributed by atoms with Crippen LogP contribution in [0.4, 0.5) is 5.82 Å². The Kier molecular flexibility index (Phi) is 6.49. The summed E-state index contributed by atoms with van der Waals surface area (Å²) in [6.45, 7) is 2.72. The number of hydrogen-bond acceptors (Lipinski definition) is 6. The Morgan fingerprint density at radius 1 is 1.22 bits per heavy atom. The van der Waals surface area contributed by atoms with Gasteiger partial charge >= 0.3 is 0 Å². The van der Waals surface area contributed by atoms with Gasteiger partial charge in [0.15, 0.2) is 11.5 Å². The van der Waals surface area contributed by atoms with Crippen LogP contribution < -0.4 is 25.0 Å². The van der Waals surface area contributed by atoms with E-state index >= 15 is 0 Å². The van der Waals surface area contributed by atoms with Gasteiger partial charge in [0.25, 0.3) is 5.91 Å². The Bertz CT molecular complexity index is 751. The number of carbonyl (C=O) groups is 1. The number of carbonyl (C=O) groups excluding carboxylic acids is 1. The van der Waals surface area contributed by atoms with Gasteiger partial charge in [-0.25, -0.2) is 4.98 Å². The molecule has 1 aliphatic heterocycles. The maximum atomic E-state index is 12.3. The highest BCUT2D eigenvalue weighted by Crippen LogP contribution is 2.31. The number of anilines is 1. The molecule has 1 amide bonds. The van der Waals surface area contributed by atoms with Crippen molar-refractivity contribution in [2.45, 2.75) is 12.5 Å². The molecule has 7 nitrogen and oxygen atoms in total. The highest BCUT2D eigenvalue weighted by Gasteiger charge is 2.20. The van der Waals surface area contributed by atoms with Crippen LogP contribution in [0.15, 0.2) is 42.6 Å². The third-order valence-electron chi connectivity index (χ3n) is 4.42. The van der Waals surface area contributed by atoms with Crippen molar-refractivity contribution in [1.29, 1.82) is 0 Å². The van der Waals surface area contributed by atoms with Crippen LogP contribution in [0.2, 0.25) is 0 Å². The van der Waals surface area contributed by atoms with Crippen molar-refractivity contribution in [3.63, 3.8) is 0 Å². The van der Waals surface area contributed by atoms with Gasteiger partial charge in [0.05, 0.1) is 5.56 Å². The van der Waals surface area contributed by atoms with Gasteiger partial charge in [-0.1, -0.05) is 12.1 Å². The maximum Gasteiger partial charge on any atom is 0.252 e. The van der Waals surface area contributed by atoms with Crippen LogP contribution in [-0.2, 0) is 0 Å². The molecule has 0 spiro atoms. The Morgan fingerprint density at radius 3 is 2.78 bits per heavy atom. The average molecular weight is 370 g/mol. The van der Waals surface area contributed by atoms with E-state index < -0.39 is 0 Å². The first kappa shape index (κ1) is 19.0. The van der Waals surface area contributed by atoms with Gasteiger partial charge < -0.3 is 25.0 Å². The van der Waals surface area contributed by atoms with Gasteiger partial charge in [-0.15, -0.1) is 0 Å². The lowest BCUT2D eigenvalue weighted by Crippen LogP contribution is -2.34. The fraction of sp³-hybridized carbons (Fsp3) is 0.400. The molecule has 0 saturated carbocycles. The molecule has 1 aromatic heterocycles. The Hall–Kier alpha value is -2.80. The summed E-state index contributed by atoms with van der Waals surface area (Å²) in [4.78, 5) is 18.7. The van der Waals surface area contributed by atoms with Crippen LogP contribution in [0.25, 0.3) is 0 Å². The van der Waals surface area contributed by atoms with E-state index in [9.17, 15) is 4.79 Å². The minimum absolute atomic E-state index is 0.0680. The monoisotopic (exact) mass is 370 g/mol.